The molecule has 1 aromatic heterocycles. The van der Waals surface area contributed by atoms with Crippen molar-refractivity contribution in [3.05, 3.63) is 35.0 Å². The fourth-order valence-electron chi connectivity index (χ4n) is 2.58. The molecule has 1 amide bonds. The van der Waals surface area contributed by atoms with Crippen LogP contribution in [0, 0.1) is 13.8 Å². The summed E-state index contributed by atoms with van der Waals surface area (Å²) in [7, 11) is 0. The van der Waals surface area contributed by atoms with Gasteiger partial charge in [0.15, 0.2) is 0 Å². The molecule has 0 aliphatic carbocycles. The lowest BCUT2D eigenvalue weighted by molar-refractivity contribution is -0.124. The number of hydrogen-bond donors (Lipinski definition) is 3. The molecule has 1 aliphatic rings. The van der Waals surface area contributed by atoms with Crippen molar-refractivity contribution in [1.29, 1.82) is 0 Å². The van der Waals surface area contributed by atoms with Gasteiger partial charge < -0.3 is 10.3 Å². The van der Waals surface area contributed by atoms with Gasteiger partial charge in [-0.05, 0) is 31.5 Å². The smallest absolute Gasteiger partial charge is 0.243 e. The van der Waals surface area contributed by atoms with Crippen molar-refractivity contribution in [2.75, 3.05) is 13.1 Å². The van der Waals surface area contributed by atoms with Gasteiger partial charge in [0, 0.05) is 29.7 Å². The summed E-state index contributed by atoms with van der Waals surface area (Å²) < 4.78 is 0. The molecule has 2 heterocycles. The number of piperazine rings is 1. The Morgan fingerprint density at radius 3 is 2.83 bits per heavy atom. The summed E-state index contributed by atoms with van der Waals surface area (Å²) in [5.41, 5.74) is 4.46. The maximum atomic E-state index is 11.9. The van der Waals surface area contributed by atoms with Crippen molar-refractivity contribution in [1.82, 2.24) is 15.6 Å². The topological polar surface area (TPSA) is 56.9 Å². The maximum absolute atomic E-state index is 11.9. The Kier molecular flexibility index (Phi) is 2.59. The molecule has 0 spiro atoms. The average molecular weight is 243 g/mol. The largest absolute Gasteiger partial charge is 0.356 e. The summed E-state index contributed by atoms with van der Waals surface area (Å²) >= 11 is 0. The first-order chi connectivity index (χ1) is 8.66. The predicted molar refractivity (Wildman–Crippen MR) is 71.5 cm³/mol. The Labute approximate surface area is 106 Å². The van der Waals surface area contributed by atoms with E-state index in [0.29, 0.717) is 6.54 Å². The molecule has 0 radical (unpaired) electrons. The summed E-state index contributed by atoms with van der Waals surface area (Å²) in [6.07, 6.45) is 0. The molecule has 1 fully saturated rings. The van der Waals surface area contributed by atoms with E-state index in [4.69, 9.17) is 0 Å². The summed E-state index contributed by atoms with van der Waals surface area (Å²) in [4.78, 5) is 15.3. The van der Waals surface area contributed by atoms with Crippen LogP contribution in [0.1, 0.15) is 22.9 Å². The van der Waals surface area contributed by atoms with E-state index < -0.39 is 0 Å². The molecule has 1 saturated heterocycles. The van der Waals surface area contributed by atoms with Crippen molar-refractivity contribution >= 4 is 16.8 Å². The van der Waals surface area contributed by atoms with Crippen LogP contribution < -0.4 is 10.6 Å². The van der Waals surface area contributed by atoms with E-state index >= 15 is 0 Å². The van der Waals surface area contributed by atoms with E-state index in [1.54, 1.807) is 0 Å². The minimum absolute atomic E-state index is 0.0487. The van der Waals surface area contributed by atoms with E-state index in [9.17, 15) is 4.79 Å². The Balaban J connectivity index is 2.11. The van der Waals surface area contributed by atoms with E-state index in [1.165, 1.54) is 10.9 Å². The molecule has 2 aromatic rings. The van der Waals surface area contributed by atoms with Crippen LogP contribution in [0.3, 0.4) is 0 Å². The Hall–Kier alpha value is -1.81. The van der Waals surface area contributed by atoms with Gasteiger partial charge in [0.1, 0.15) is 6.04 Å². The number of aromatic amines is 1. The standard InChI is InChI=1S/C14H17N3O/c1-8-3-4-11-10(7-8)9(2)12(17-11)13-14(18)16-6-5-15-13/h3-4,7,13,15,17H,5-6H2,1-2H3,(H,16,18). The lowest BCUT2D eigenvalue weighted by Gasteiger charge is -2.23. The number of rotatable bonds is 1. The predicted octanol–water partition coefficient (Wildman–Crippen LogP) is 1.55. The highest BCUT2D eigenvalue weighted by molar-refractivity contribution is 5.90. The van der Waals surface area contributed by atoms with Crippen LogP contribution in [0.5, 0.6) is 0 Å². The minimum atomic E-state index is -0.258. The minimum Gasteiger partial charge on any atom is -0.356 e. The Morgan fingerprint density at radius 2 is 2.06 bits per heavy atom. The lowest BCUT2D eigenvalue weighted by Crippen LogP contribution is -2.47. The van der Waals surface area contributed by atoms with E-state index in [0.717, 1.165) is 23.3 Å². The van der Waals surface area contributed by atoms with Gasteiger partial charge in [-0.25, -0.2) is 0 Å². The lowest BCUT2D eigenvalue weighted by atomic mass is 10.0. The number of carbonyl (C=O) groups excluding carboxylic acids is 1. The van der Waals surface area contributed by atoms with Gasteiger partial charge in [-0.1, -0.05) is 11.6 Å². The Bertz CT molecular complexity index is 615. The van der Waals surface area contributed by atoms with Gasteiger partial charge in [0.2, 0.25) is 5.91 Å². The van der Waals surface area contributed by atoms with Crippen LogP contribution in [-0.2, 0) is 4.79 Å². The molecule has 1 atom stereocenters. The zero-order chi connectivity index (χ0) is 12.7. The summed E-state index contributed by atoms with van der Waals surface area (Å²) in [6, 6.07) is 6.05. The van der Waals surface area contributed by atoms with Crippen LogP contribution in [-0.4, -0.2) is 24.0 Å². The van der Waals surface area contributed by atoms with Gasteiger partial charge in [0.25, 0.3) is 0 Å². The molecule has 94 valence electrons. The number of nitrogens with one attached hydrogen (secondary N) is 3. The summed E-state index contributed by atoms with van der Waals surface area (Å²) in [5, 5.41) is 7.35. The van der Waals surface area contributed by atoms with Crippen molar-refractivity contribution in [3.8, 4) is 0 Å². The number of carbonyl (C=O) groups is 1. The molecule has 3 rings (SSSR count). The highest BCUT2D eigenvalue weighted by Gasteiger charge is 2.26. The van der Waals surface area contributed by atoms with Crippen LogP contribution in [0.25, 0.3) is 10.9 Å². The molecule has 1 aliphatic heterocycles. The zero-order valence-electron chi connectivity index (χ0n) is 10.6. The molecular formula is C14H17N3O. The van der Waals surface area contributed by atoms with Crippen LogP contribution in [0.15, 0.2) is 18.2 Å². The summed E-state index contributed by atoms with van der Waals surface area (Å²) in [6.45, 7) is 5.66. The number of benzene rings is 1. The first kappa shape index (κ1) is 11.3. The van der Waals surface area contributed by atoms with Crippen molar-refractivity contribution in [2.45, 2.75) is 19.9 Å². The molecule has 18 heavy (non-hydrogen) atoms. The first-order valence-corrected chi connectivity index (χ1v) is 6.27. The van der Waals surface area contributed by atoms with Crippen LogP contribution in [0.2, 0.25) is 0 Å². The van der Waals surface area contributed by atoms with Crippen LogP contribution in [0.4, 0.5) is 0 Å². The second-order valence-corrected chi connectivity index (χ2v) is 4.89. The molecular weight excluding hydrogens is 226 g/mol. The van der Waals surface area contributed by atoms with Crippen LogP contribution >= 0.6 is 0 Å². The van der Waals surface area contributed by atoms with Gasteiger partial charge >= 0.3 is 0 Å². The zero-order valence-corrected chi connectivity index (χ0v) is 10.6. The normalized spacial score (nSPS) is 20.1. The van der Waals surface area contributed by atoms with Gasteiger partial charge in [-0.15, -0.1) is 0 Å². The van der Waals surface area contributed by atoms with Crippen molar-refractivity contribution < 1.29 is 4.79 Å². The average Bonchev–Trinajstić information content (AvgIpc) is 2.68. The molecule has 4 nitrogen and oxygen atoms in total. The number of fused-ring (bicyclic) bond motifs is 1. The molecule has 1 unspecified atom stereocenters. The van der Waals surface area contributed by atoms with Crippen molar-refractivity contribution in [2.24, 2.45) is 0 Å². The monoisotopic (exact) mass is 243 g/mol. The van der Waals surface area contributed by atoms with Gasteiger partial charge in [-0.3, -0.25) is 10.1 Å². The molecule has 0 bridgehead atoms. The van der Waals surface area contributed by atoms with Crippen molar-refractivity contribution in [3.63, 3.8) is 0 Å². The first-order valence-electron chi connectivity index (χ1n) is 6.27. The molecule has 3 N–H and O–H groups in total. The number of H-pyrrole nitrogens is 1. The second-order valence-electron chi connectivity index (χ2n) is 4.89. The van der Waals surface area contributed by atoms with E-state index in [1.807, 2.05) is 0 Å². The fraction of sp³-hybridized carbons (Fsp3) is 0.357. The van der Waals surface area contributed by atoms with E-state index in [-0.39, 0.29) is 11.9 Å². The molecule has 0 saturated carbocycles. The second kappa shape index (κ2) is 4.14. The van der Waals surface area contributed by atoms with E-state index in [2.05, 4.69) is 47.7 Å². The number of amides is 1. The Morgan fingerprint density at radius 1 is 1.22 bits per heavy atom. The van der Waals surface area contributed by atoms with Gasteiger partial charge in [-0.2, -0.15) is 0 Å². The van der Waals surface area contributed by atoms with Gasteiger partial charge in [0.05, 0.1) is 0 Å². The highest BCUT2D eigenvalue weighted by Crippen LogP contribution is 2.27. The highest BCUT2D eigenvalue weighted by atomic mass is 16.2. The quantitative estimate of drug-likeness (QED) is 0.711. The number of aromatic nitrogens is 1. The third-order valence-electron chi connectivity index (χ3n) is 3.58. The maximum Gasteiger partial charge on any atom is 0.243 e. The SMILES string of the molecule is Cc1ccc2[nH]c(C3NCCNC3=O)c(C)c2c1. The molecule has 1 aromatic carbocycles. The number of hydrogen-bond acceptors (Lipinski definition) is 2. The molecule has 4 heteroatoms. The third kappa shape index (κ3) is 1.69. The fourth-order valence-corrected chi connectivity index (χ4v) is 2.58. The third-order valence-corrected chi connectivity index (χ3v) is 3.58. The summed E-state index contributed by atoms with van der Waals surface area (Å²) in [5.74, 6) is 0.0487. The number of aryl methyl sites for hydroxylation is 2.